The van der Waals surface area contributed by atoms with Crippen molar-refractivity contribution in [2.75, 3.05) is 0 Å². The first kappa shape index (κ1) is 13.5. The van der Waals surface area contributed by atoms with Gasteiger partial charge >= 0.3 is 5.92 Å². The highest BCUT2D eigenvalue weighted by Crippen LogP contribution is 2.34. The second-order valence-corrected chi connectivity index (χ2v) is 2.62. The second-order valence-electron chi connectivity index (χ2n) is 2.62. The molecule has 0 fully saturated rings. The normalized spacial score (nSPS) is 19.5. The minimum absolute atomic E-state index is 0.882. The van der Waals surface area contributed by atoms with Crippen molar-refractivity contribution in [3.8, 4) is 0 Å². The van der Waals surface area contributed by atoms with Gasteiger partial charge in [0.25, 0.3) is 6.43 Å². The molecule has 0 N–H and O–H groups in total. The number of hydrogen-bond donors (Lipinski definition) is 0. The fourth-order valence-electron chi connectivity index (χ4n) is 0.708. The van der Waals surface area contributed by atoms with Crippen LogP contribution in [-0.4, -0.2) is 30.9 Å². The minimum Gasteiger partial charge on any atom is -0.244 e. The standard InChI is InChI=1S/C7H8F7/c1-2-3(8)4(9)7(13,14)5(10)6(11)12/h3-6H,1-2H2/t3?,4?,5-/m0/s1. The molecule has 0 bridgehead atoms. The summed E-state index contributed by atoms with van der Waals surface area (Å²) in [4.78, 5) is 0. The summed E-state index contributed by atoms with van der Waals surface area (Å²) in [5, 5.41) is 0. The summed E-state index contributed by atoms with van der Waals surface area (Å²) in [6.07, 6.45) is -15.3. The van der Waals surface area contributed by atoms with Crippen LogP contribution in [0.15, 0.2) is 0 Å². The molecule has 0 heterocycles. The van der Waals surface area contributed by atoms with E-state index < -0.39 is 37.3 Å². The zero-order valence-corrected chi connectivity index (χ0v) is 6.87. The van der Waals surface area contributed by atoms with Crippen molar-refractivity contribution in [3.63, 3.8) is 0 Å². The van der Waals surface area contributed by atoms with Gasteiger partial charge in [0, 0.05) is 0 Å². The Bertz CT molecular complexity index is 169. The highest BCUT2D eigenvalue weighted by Gasteiger charge is 2.55. The van der Waals surface area contributed by atoms with E-state index in [4.69, 9.17) is 0 Å². The molecule has 14 heavy (non-hydrogen) atoms. The van der Waals surface area contributed by atoms with Crippen LogP contribution in [-0.2, 0) is 0 Å². The van der Waals surface area contributed by atoms with Gasteiger partial charge in [0.2, 0.25) is 6.17 Å². The average Bonchev–Trinajstić information content (AvgIpc) is 2.13. The largest absolute Gasteiger partial charge is 0.317 e. The van der Waals surface area contributed by atoms with Gasteiger partial charge in [0.1, 0.15) is 6.17 Å². The Morgan fingerprint density at radius 3 is 1.64 bits per heavy atom. The summed E-state index contributed by atoms with van der Waals surface area (Å²) in [7, 11) is 0. The second kappa shape index (κ2) is 4.84. The fraction of sp³-hybridized carbons (Fsp3) is 0.857. The van der Waals surface area contributed by atoms with E-state index in [1.54, 1.807) is 0 Å². The van der Waals surface area contributed by atoms with Gasteiger partial charge in [-0.15, -0.1) is 0 Å². The van der Waals surface area contributed by atoms with Crippen molar-refractivity contribution in [1.82, 2.24) is 0 Å². The van der Waals surface area contributed by atoms with Crippen LogP contribution in [0.25, 0.3) is 0 Å². The lowest BCUT2D eigenvalue weighted by Gasteiger charge is -2.25. The number of halogens is 7. The third-order valence-corrected chi connectivity index (χ3v) is 1.55. The van der Waals surface area contributed by atoms with E-state index in [2.05, 4.69) is 6.92 Å². The number of hydrogen-bond acceptors (Lipinski definition) is 0. The summed E-state index contributed by atoms with van der Waals surface area (Å²) in [6, 6.07) is 0. The lowest BCUT2D eigenvalue weighted by molar-refractivity contribution is -0.179. The van der Waals surface area contributed by atoms with Gasteiger partial charge in [-0.05, 0) is 6.42 Å². The Morgan fingerprint density at radius 1 is 0.929 bits per heavy atom. The molecule has 3 atom stereocenters. The Balaban J connectivity index is 4.59. The molecule has 85 valence electrons. The first-order chi connectivity index (χ1) is 6.25. The van der Waals surface area contributed by atoms with Gasteiger partial charge in [-0.2, -0.15) is 8.78 Å². The first-order valence-electron chi connectivity index (χ1n) is 3.62. The van der Waals surface area contributed by atoms with Gasteiger partial charge in [0.05, 0.1) is 0 Å². The van der Waals surface area contributed by atoms with Crippen LogP contribution in [0.5, 0.6) is 0 Å². The molecule has 0 aliphatic heterocycles. The molecule has 0 rings (SSSR count). The molecule has 0 saturated heterocycles. The highest BCUT2D eigenvalue weighted by atomic mass is 19.3. The van der Waals surface area contributed by atoms with E-state index in [1.807, 2.05) is 0 Å². The average molecular weight is 225 g/mol. The smallest absolute Gasteiger partial charge is 0.244 e. The van der Waals surface area contributed by atoms with E-state index in [1.165, 1.54) is 0 Å². The van der Waals surface area contributed by atoms with E-state index in [-0.39, 0.29) is 0 Å². The van der Waals surface area contributed by atoms with Gasteiger partial charge < -0.3 is 0 Å². The van der Waals surface area contributed by atoms with Crippen molar-refractivity contribution in [1.29, 1.82) is 0 Å². The van der Waals surface area contributed by atoms with Gasteiger partial charge in [-0.25, -0.2) is 22.0 Å². The third kappa shape index (κ3) is 2.75. The predicted molar refractivity (Wildman–Crippen MR) is 35.6 cm³/mol. The zero-order valence-electron chi connectivity index (χ0n) is 6.87. The molecule has 2 unspecified atom stereocenters. The van der Waals surface area contributed by atoms with Crippen LogP contribution in [0.2, 0.25) is 0 Å². The van der Waals surface area contributed by atoms with Crippen molar-refractivity contribution >= 4 is 0 Å². The Morgan fingerprint density at radius 2 is 1.36 bits per heavy atom. The Hall–Kier alpha value is -0.490. The van der Waals surface area contributed by atoms with Gasteiger partial charge in [-0.1, -0.05) is 6.92 Å². The molecule has 0 spiro atoms. The molecule has 0 aliphatic carbocycles. The summed E-state index contributed by atoms with van der Waals surface area (Å²) < 4.78 is 84.7. The summed E-state index contributed by atoms with van der Waals surface area (Å²) in [5.74, 6) is -5.04. The van der Waals surface area contributed by atoms with Crippen LogP contribution in [0, 0.1) is 6.92 Å². The minimum atomic E-state index is -5.04. The SMILES string of the molecule is [CH2]CC(F)C(F)C(F)(F)[C@@H](F)C(F)F. The monoisotopic (exact) mass is 225 g/mol. The number of rotatable bonds is 5. The maximum Gasteiger partial charge on any atom is 0.317 e. The Labute approximate surface area is 76.1 Å². The first-order valence-corrected chi connectivity index (χ1v) is 3.62. The van der Waals surface area contributed by atoms with Crippen LogP contribution in [0.1, 0.15) is 6.42 Å². The van der Waals surface area contributed by atoms with Crippen molar-refractivity contribution in [3.05, 3.63) is 6.92 Å². The molecular formula is C7H8F7. The van der Waals surface area contributed by atoms with Crippen molar-refractivity contribution in [2.24, 2.45) is 0 Å². The molecule has 0 aromatic carbocycles. The predicted octanol–water partition coefficient (Wildman–Crippen LogP) is 3.13. The molecule has 0 aromatic heterocycles. The zero-order chi connectivity index (χ0) is 11.5. The quantitative estimate of drug-likeness (QED) is 0.630. The lowest BCUT2D eigenvalue weighted by atomic mass is 10.0. The third-order valence-electron chi connectivity index (χ3n) is 1.55. The van der Waals surface area contributed by atoms with E-state index in [0.717, 1.165) is 0 Å². The van der Waals surface area contributed by atoms with E-state index >= 15 is 0 Å². The topological polar surface area (TPSA) is 0 Å². The molecule has 1 radical (unpaired) electrons. The lowest BCUT2D eigenvalue weighted by Crippen LogP contribution is -2.47. The fourth-order valence-corrected chi connectivity index (χ4v) is 0.708. The Kier molecular flexibility index (Phi) is 4.67. The molecule has 0 aromatic rings. The molecule has 0 amide bonds. The van der Waals surface area contributed by atoms with E-state index in [0.29, 0.717) is 0 Å². The molecule has 0 aliphatic rings. The summed E-state index contributed by atoms with van der Waals surface area (Å²) in [5.41, 5.74) is 0. The maximum atomic E-state index is 12.4. The maximum absolute atomic E-state index is 12.4. The molecule has 7 heteroatoms. The van der Waals surface area contributed by atoms with Gasteiger partial charge in [-0.3, -0.25) is 0 Å². The molecule has 0 saturated carbocycles. The number of alkyl halides is 7. The van der Waals surface area contributed by atoms with Crippen molar-refractivity contribution < 1.29 is 30.7 Å². The van der Waals surface area contributed by atoms with Crippen LogP contribution < -0.4 is 0 Å². The van der Waals surface area contributed by atoms with Gasteiger partial charge in [0.15, 0.2) is 6.17 Å². The van der Waals surface area contributed by atoms with Crippen LogP contribution in [0.3, 0.4) is 0 Å². The summed E-state index contributed by atoms with van der Waals surface area (Å²) in [6.45, 7) is 2.77. The van der Waals surface area contributed by atoms with Crippen LogP contribution in [0.4, 0.5) is 30.7 Å². The molecule has 0 nitrogen and oxygen atoms in total. The molecular weight excluding hydrogens is 217 g/mol. The highest BCUT2D eigenvalue weighted by molar-refractivity contribution is 4.90. The van der Waals surface area contributed by atoms with Crippen LogP contribution >= 0.6 is 0 Å². The van der Waals surface area contributed by atoms with Crippen molar-refractivity contribution in [2.45, 2.75) is 37.3 Å². The summed E-state index contributed by atoms with van der Waals surface area (Å²) >= 11 is 0. The van der Waals surface area contributed by atoms with E-state index in [9.17, 15) is 30.7 Å².